The van der Waals surface area contributed by atoms with E-state index in [4.69, 9.17) is 4.74 Å². The number of carbonyl (C=O) groups excluding carboxylic acids is 5. The van der Waals surface area contributed by atoms with E-state index in [2.05, 4.69) is 19.4 Å². The molecule has 0 aliphatic heterocycles. The molecule has 0 unspecified atom stereocenters. The van der Waals surface area contributed by atoms with Crippen LogP contribution in [-0.4, -0.2) is 60.3 Å². The Kier molecular flexibility index (Phi) is 4.78. The number of ketones is 2. The van der Waals surface area contributed by atoms with Crippen LogP contribution in [0.3, 0.4) is 0 Å². The Labute approximate surface area is 157 Å². The average molecular weight is 386 g/mol. The number of H-pyrrole nitrogens is 1. The van der Waals surface area contributed by atoms with Gasteiger partial charge in [-0.2, -0.15) is 0 Å². The Hall–Kier alpha value is -3.82. The molecule has 0 fully saturated rings. The number of Topliss-reactive ketones (excluding diaryl/α,β-unsaturated/α-hetero) is 2. The topological polar surface area (TPSA) is 142 Å². The van der Waals surface area contributed by atoms with Crippen LogP contribution in [-0.2, 0) is 14.2 Å². The molecular weight excluding hydrogens is 372 g/mol. The highest BCUT2D eigenvalue weighted by Gasteiger charge is 2.38. The average Bonchev–Trinajstić information content (AvgIpc) is 3.16. The van der Waals surface area contributed by atoms with Gasteiger partial charge in [0.2, 0.25) is 11.6 Å². The number of nitrogens with one attached hydrogen (secondary N) is 1. The molecule has 2 heterocycles. The lowest BCUT2D eigenvalue weighted by atomic mass is 9.88. The number of fused-ring (bicyclic) bond motifs is 3. The van der Waals surface area contributed by atoms with Crippen molar-refractivity contribution in [3.8, 4) is 11.4 Å². The summed E-state index contributed by atoms with van der Waals surface area (Å²) in [7, 11) is 2.20. The van der Waals surface area contributed by atoms with Gasteiger partial charge >= 0.3 is 17.9 Å². The third-order valence-electron chi connectivity index (χ3n) is 4.05. The van der Waals surface area contributed by atoms with Gasteiger partial charge in [0.05, 0.1) is 43.2 Å². The number of aromatic amines is 1. The number of nitrogens with zero attached hydrogens (tertiary/aromatic N) is 1. The molecule has 1 aliphatic carbocycles. The molecule has 0 saturated heterocycles. The molecule has 10 heteroatoms. The molecule has 0 atom stereocenters. The first-order valence-corrected chi connectivity index (χ1v) is 8.05. The minimum atomic E-state index is -1.01. The maximum absolute atomic E-state index is 12.6. The Morgan fingerprint density at radius 3 is 2.29 bits per heavy atom. The lowest BCUT2D eigenvalue weighted by molar-refractivity contribution is 0.0518. The second-order valence-electron chi connectivity index (χ2n) is 5.61. The molecule has 1 N–H and O–H groups in total. The molecule has 0 amide bonds. The molecule has 3 rings (SSSR count). The number of pyridine rings is 1. The standard InChI is InChI=1S/C18H14N2O8/c1-4-28-18(25)10-6-8-12(19-10)13-11(15(22)14(8)21)7(16(23)26-2)5-9(20-13)17(24)27-3/h5-6,19H,4H2,1-3H3. The summed E-state index contributed by atoms with van der Waals surface area (Å²) in [6, 6.07) is 2.18. The largest absolute Gasteiger partial charge is 0.465 e. The summed E-state index contributed by atoms with van der Waals surface area (Å²) in [4.78, 5) is 68.0. The lowest BCUT2D eigenvalue weighted by Crippen LogP contribution is -2.26. The number of esters is 3. The first kappa shape index (κ1) is 19.0. The van der Waals surface area contributed by atoms with E-state index in [-0.39, 0.29) is 46.1 Å². The van der Waals surface area contributed by atoms with Crippen LogP contribution in [0.15, 0.2) is 12.1 Å². The number of methoxy groups -OCH3 is 2. The zero-order chi connectivity index (χ0) is 20.6. The van der Waals surface area contributed by atoms with Crippen molar-refractivity contribution < 1.29 is 38.2 Å². The van der Waals surface area contributed by atoms with Crippen molar-refractivity contribution in [2.75, 3.05) is 20.8 Å². The first-order chi connectivity index (χ1) is 13.3. The molecule has 0 saturated carbocycles. The van der Waals surface area contributed by atoms with Gasteiger partial charge in [-0.3, -0.25) is 9.59 Å². The number of hydrogen-bond donors (Lipinski definition) is 1. The SMILES string of the molecule is CCOC(=O)c1cc2c([nH]1)-c1nc(C(=O)OC)cc(C(=O)OC)c1C(=O)C2=O. The van der Waals surface area contributed by atoms with E-state index >= 15 is 0 Å². The summed E-state index contributed by atoms with van der Waals surface area (Å²) >= 11 is 0. The molecule has 0 radical (unpaired) electrons. The first-order valence-electron chi connectivity index (χ1n) is 8.05. The van der Waals surface area contributed by atoms with Crippen molar-refractivity contribution in [1.29, 1.82) is 0 Å². The highest BCUT2D eigenvalue weighted by Crippen LogP contribution is 2.35. The van der Waals surface area contributed by atoms with Gasteiger partial charge in [0.15, 0.2) is 0 Å². The summed E-state index contributed by atoms with van der Waals surface area (Å²) in [5.41, 5.74) is -1.24. The smallest absolute Gasteiger partial charge is 0.356 e. The Balaban J connectivity index is 2.32. The van der Waals surface area contributed by atoms with Crippen LogP contribution in [0.25, 0.3) is 11.4 Å². The number of rotatable bonds is 4. The second-order valence-corrected chi connectivity index (χ2v) is 5.61. The predicted octanol–water partition coefficient (Wildman–Crippen LogP) is 1.21. The summed E-state index contributed by atoms with van der Waals surface area (Å²) in [6.07, 6.45) is 0. The fourth-order valence-corrected chi connectivity index (χ4v) is 2.81. The van der Waals surface area contributed by atoms with E-state index in [1.54, 1.807) is 6.92 Å². The molecule has 0 aromatic carbocycles. The van der Waals surface area contributed by atoms with E-state index < -0.39 is 29.5 Å². The summed E-state index contributed by atoms with van der Waals surface area (Å²) in [6.45, 7) is 1.71. The fraction of sp³-hybridized carbons (Fsp3) is 0.222. The van der Waals surface area contributed by atoms with Gasteiger partial charge in [0.1, 0.15) is 17.1 Å². The van der Waals surface area contributed by atoms with Crippen molar-refractivity contribution in [2.45, 2.75) is 6.92 Å². The Morgan fingerprint density at radius 1 is 1.00 bits per heavy atom. The van der Waals surface area contributed by atoms with Crippen molar-refractivity contribution in [3.63, 3.8) is 0 Å². The molecule has 0 bridgehead atoms. The second kappa shape index (κ2) is 7.06. The fourth-order valence-electron chi connectivity index (χ4n) is 2.81. The molecule has 2 aromatic rings. The predicted molar refractivity (Wildman–Crippen MR) is 91.3 cm³/mol. The van der Waals surface area contributed by atoms with Crippen LogP contribution < -0.4 is 0 Å². The maximum atomic E-state index is 12.6. The monoisotopic (exact) mass is 386 g/mol. The van der Waals surface area contributed by atoms with Gasteiger partial charge < -0.3 is 19.2 Å². The molecular formula is C18H14N2O8. The van der Waals surface area contributed by atoms with Crippen molar-refractivity contribution in [3.05, 3.63) is 40.2 Å². The van der Waals surface area contributed by atoms with Gasteiger partial charge in [-0.05, 0) is 19.1 Å². The quantitative estimate of drug-likeness (QED) is 0.466. The highest BCUT2D eigenvalue weighted by atomic mass is 16.5. The van der Waals surface area contributed by atoms with Gasteiger partial charge in [0.25, 0.3) is 0 Å². The van der Waals surface area contributed by atoms with Crippen LogP contribution in [0.1, 0.15) is 59.0 Å². The minimum absolute atomic E-state index is 0.0126. The van der Waals surface area contributed by atoms with E-state index in [9.17, 15) is 24.0 Å². The van der Waals surface area contributed by atoms with Crippen molar-refractivity contribution in [2.24, 2.45) is 0 Å². The highest BCUT2D eigenvalue weighted by molar-refractivity contribution is 6.53. The van der Waals surface area contributed by atoms with Crippen molar-refractivity contribution >= 4 is 29.5 Å². The third kappa shape index (κ3) is 2.84. The summed E-state index contributed by atoms with van der Waals surface area (Å²) in [5.74, 6) is -4.49. The zero-order valence-electron chi connectivity index (χ0n) is 15.1. The number of hydrogen-bond acceptors (Lipinski definition) is 9. The number of carbonyl (C=O) groups is 5. The van der Waals surface area contributed by atoms with Crippen LogP contribution in [0, 0.1) is 0 Å². The minimum Gasteiger partial charge on any atom is -0.465 e. The van der Waals surface area contributed by atoms with E-state index in [1.165, 1.54) is 6.07 Å². The van der Waals surface area contributed by atoms with Gasteiger partial charge in [-0.25, -0.2) is 19.4 Å². The maximum Gasteiger partial charge on any atom is 0.356 e. The van der Waals surface area contributed by atoms with Gasteiger partial charge in [-0.1, -0.05) is 0 Å². The number of aromatic nitrogens is 2. The Bertz CT molecular complexity index is 1050. The van der Waals surface area contributed by atoms with E-state index in [0.717, 1.165) is 20.3 Å². The lowest BCUT2D eigenvalue weighted by Gasteiger charge is -2.17. The molecule has 28 heavy (non-hydrogen) atoms. The van der Waals surface area contributed by atoms with Gasteiger partial charge in [-0.15, -0.1) is 0 Å². The molecule has 2 aromatic heterocycles. The molecule has 10 nitrogen and oxygen atoms in total. The van der Waals surface area contributed by atoms with E-state index in [0.29, 0.717) is 0 Å². The molecule has 0 spiro atoms. The molecule has 1 aliphatic rings. The van der Waals surface area contributed by atoms with Crippen molar-refractivity contribution in [1.82, 2.24) is 9.97 Å². The summed E-state index contributed by atoms with van der Waals surface area (Å²) in [5, 5.41) is 0. The molecule has 144 valence electrons. The number of ether oxygens (including phenoxy) is 3. The van der Waals surface area contributed by atoms with Crippen LogP contribution in [0.4, 0.5) is 0 Å². The van der Waals surface area contributed by atoms with Crippen LogP contribution >= 0.6 is 0 Å². The Morgan fingerprint density at radius 2 is 1.68 bits per heavy atom. The zero-order valence-corrected chi connectivity index (χ0v) is 15.1. The van der Waals surface area contributed by atoms with Gasteiger partial charge in [0, 0.05) is 0 Å². The third-order valence-corrected chi connectivity index (χ3v) is 4.05. The van der Waals surface area contributed by atoms with Crippen LogP contribution in [0.5, 0.6) is 0 Å². The summed E-state index contributed by atoms with van der Waals surface area (Å²) < 4.78 is 14.1. The normalized spacial score (nSPS) is 12.1. The van der Waals surface area contributed by atoms with Crippen LogP contribution in [0.2, 0.25) is 0 Å². The van der Waals surface area contributed by atoms with E-state index in [1.807, 2.05) is 0 Å².